The molecule has 1 N–H and O–H groups in total. The molecule has 0 aliphatic rings. The van der Waals surface area contributed by atoms with Crippen molar-refractivity contribution in [2.24, 2.45) is 0 Å². The number of halogens is 1. The number of carbonyl (C=O) groups excluding carboxylic acids is 2. The van der Waals surface area contributed by atoms with Gasteiger partial charge in [0.05, 0.1) is 5.69 Å². The van der Waals surface area contributed by atoms with E-state index in [1.165, 1.54) is 0 Å². The van der Waals surface area contributed by atoms with Crippen LogP contribution >= 0.6 is 11.6 Å². The second-order valence-electron chi connectivity index (χ2n) is 4.16. The normalized spacial score (nSPS) is 10.1. The van der Waals surface area contributed by atoms with E-state index in [2.05, 4.69) is 10.3 Å². The molecule has 0 aliphatic carbocycles. The van der Waals surface area contributed by atoms with Gasteiger partial charge in [0, 0.05) is 35.0 Å². The third kappa shape index (κ3) is 3.22. The number of nitrogens with zero attached hydrogens (tertiary/aromatic N) is 1. The standard InChI is InChI=1S/C15H13ClN2O2/c1-2-14(19)18-13-4-3-11(16)9-12(13)15(20)10-5-7-17-8-6-10/h3-9H,2H2,1H3,(H,18,19). The summed E-state index contributed by atoms with van der Waals surface area (Å²) >= 11 is 5.94. The Bertz CT molecular complexity index is 642. The Kier molecular flexibility index (Phi) is 4.48. The highest BCUT2D eigenvalue weighted by Gasteiger charge is 2.15. The molecule has 4 nitrogen and oxygen atoms in total. The molecule has 2 rings (SSSR count). The number of hydrogen-bond donors (Lipinski definition) is 1. The molecule has 0 aliphatic heterocycles. The minimum Gasteiger partial charge on any atom is -0.325 e. The molecule has 0 saturated heterocycles. The number of benzene rings is 1. The average Bonchev–Trinajstić information content (AvgIpc) is 2.49. The van der Waals surface area contributed by atoms with Crippen LogP contribution in [0.2, 0.25) is 5.02 Å². The number of nitrogens with one attached hydrogen (secondary N) is 1. The van der Waals surface area contributed by atoms with Crippen LogP contribution in [0.25, 0.3) is 0 Å². The lowest BCUT2D eigenvalue weighted by atomic mass is 10.0. The zero-order valence-corrected chi connectivity index (χ0v) is 11.6. The molecule has 102 valence electrons. The van der Waals surface area contributed by atoms with E-state index in [0.29, 0.717) is 28.3 Å². The van der Waals surface area contributed by atoms with Crippen LogP contribution in [0, 0.1) is 0 Å². The molecule has 0 fully saturated rings. The van der Waals surface area contributed by atoms with Crippen LogP contribution in [0.1, 0.15) is 29.3 Å². The van der Waals surface area contributed by atoms with Crippen LogP contribution in [0.3, 0.4) is 0 Å². The predicted octanol–water partition coefficient (Wildman–Crippen LogP) is 3.31. The van der Waals surface area contributed by atoms with E-state index >= 15 is 0 Å². The lowest BCUT2D eigenvalue weighted by Crippen LogP contribution is -2.13. The number of pyridine rings is 1. The monoisotopic (exact) mass is 288 g/mol. The Hall–Kier alpha value is -2.20. The summed E-state index contributed by atoms with van der Waals surface area (Å²) in [6.07, 6.45) is 3.43. The van der Waals surface area contributed by atoms with E-state index < -0.39 is 0 Å². The van der Waals surface area contributed by atoms with Gasteiger partial charge in [-0.05, 0) is 30.3 Å². The van der Waals surface area contributed by atoms with Gasteiger partial charge in [0.15, 0.2) is 5.78 Å². The van der Waals surface area contributed by atoms with E-state index in [1.54, 1.807) is 49.6 Å². The lowest BCUT2D eigenvalue weighted by Gasteiger charge is -2.10. The first-order valence-electron chi connectivity index (χ1n) is 6.16. The van der Waals surface area contributed by atoms with Crippen LogP contribution in [0.5, 0.6) is 0 Å². The Morgan fingerprint density at radius 1 is 1.20 bits per heavy atom. The highest BCUT2D eigenvalue weighted by molar-refractivity contribution is 6.31. The summed E-state index contributed by atoms with van der Waals surface area (Å²) in [4.78, 5) is 27.8. The summed E-state index contributed by atoms with van der Waals surface area (Å²) in [6.45, 7) is 1.75. The number of aromatic nitrogens is 1. The van der Waals surface area contributed by atoms with Crippen LogP contribution in [-0.2, 0) is 4.79 Å². The topological polar surface area (TPSA) is 59.1 Å². The third-order valence-electron chi connectivity index (χ3n) is 2.76. The summed E-state index contributed by atoms with van der Waals surface area (Å²) in [5, 5.41) is 3.15. The molecule has 1 aromatic heterocycles. The largest absolute Gasteiger partial charge is 0.325 e. The van der Waals surface area contributed by atoms with Crippen molar-refractivity contribution in [3.63, 3.8) is 0 Å². The van der Waals surface area contributed by atoms with Crippen LogP contribution < -0.4 is 5.32 Å². The second-order valence-corrected chi connectivity index (χ2v) is 4.59. The van der Waals surface area contributed by atoms with E-state index in [0.717, 1.165) is 0 Å². The fraction of sp³-hybridized carbons (Fsp3) is 0.133. The second kappa shape index (κ2) is 6.30. The maximum absolute atomic E-state index is 12.5. The maximum Gasteiger partial charge on any atom is 0.224 e. The van der Waals surface area contributed by atoms with Gasteiger partial charge in [-0.2, -0.15) is 0 Å². The van der Waals surface area contributed by atoms with E-state index in [9.17, 15) is 9.59 Å². The van der Waals surface area contributed by atoms with Crippen molar-refractivity contribution >= 4 is 29.0 Å². The van der Waals surface area contributed by atoms with Crippen LogP contribution in [0.4, 0.5) is 5.69 Å². The zero-order valence-electron chi connectivity index (χ0n) is 10.9. The van der Waals surface area contributed by atoms with Gasteiger partial charge in [-0.15, -0.1) is 0 Å². The summed E-state index contributed by atoms with van der Waals surface area (Å²) < 4.78 is 0. The van der Waals surface area contributed by atoms with Crippen molar-refractivity contribution < 1.29 is 9.59 Å². The summed E-state index contributed by atoms with van der Waals surface area (Å²) in [7, 11) is 0. The van der Waals surface area contributed by atoms with Gasteiger partial charge in [0.1, 0.15) is 0 Å². The molecule has 0 saturated carbocycles. The molecular weight excluding hydrogens is 276 g/mol. The average molecular weight is 289 g/mol. The molecule has 0 spiro atoms. The van der Waals surface area contributed by atoms with Crippen molar-refractivity contribution in [1.29, 1.82) is 0 Å². The minimum absolute atomic E-state index is 0.156. The first-order chi connectivity index (χ1) is 9.61. The van der Waals surface area contributed by atoms with E-state index in [1.807, 2.05) is 0 Å². The van der Waals surface area contributed by atoms with Crippen molar-refractivity contribution in [2.45, 2.75) is 13.3 Å². The van der Waals surface area contributed by atoms with Crippen molar-refractivity contribution in [3.05, 3.63) is 58.9 Å². The lowest BCUT2D eigenvalue weighted by molar-refractivity contribution is -0.115. The molecule has 1 heterocycles. The Morgan fingerprint density at radius 3 is 2.55 bits per heavy atom. The van der Waals surface area contributed by atoms with Gasteiger partial charge in [-0.25, -0.2) is 0 Å². The number of hydrogen-bond acceptors (Lipinski definition) is 3. The van der Waals surface area contributed by atoms with Crippen molar-refractivity contribution in [2.75, 3.05) is 5.32 Å². The fourth-order valence-corrected chi connectivity index (χ4v) is 1.88. The van der Waals surface area contributed by atoms with Gasteiger partial charge in [-0.3, -0.25) is 14.6 Å². The molecule has 2 aromatic rings. The number of ketones is 1. The minimum atomic E-state index is -0.207. The smallest absolute Gasteiger partial charge is 0.224 e. The van der Waals surface area contributed by atoms with Gasteiger partial charge in [0.2, 0.25) is 5.91 Å². The van der Waals surface area contributed by atoms with Gasteiger partial charge < -0.3 is 5.32 Å². The molecular formula is C15H13ClN2O2. The zero-order chi connectivity index (χ0) is 14.5. The maximum atomic E-state index is 12.5. The number of amides is 1. The molecule has 1 aromatic carbocycles. The fourth-order valence-electron chi connectivity index (χ4n) is 1.71. The Labute approximate surface area is 121 Å². The van der Waals surface area contributed by atoms with Crippen LogP contribution in [-0.4, -0.2) is 16.7 Å². The first kappa shape index (κ1) is 14.2. The summed E-state index contributed by atoms with van der Waals surface area (Å²) in [5.74, 6) is -0.364. The highest BCUT2D eigenvalue weighted by atomic mass is 35.5. The molecule has 0 bridgehead atoms. The van der Waals surface area contributed by atoms with Crippen LogP contribution in [0.15, 0.2) is 42.7 Å². The molecule has 5 heteroatoms. The molecule has 0 atom stereocenters. The summed E-state index contributed by atoms with van der Waals surface area (Å²) in [6, 6.07) is 8.05. The molecule has 0 unspecified atom stereocenters. The number of anilines is 1. The highest BCUT2D eigenvalue weighted by Crippen LogP contribution is 2.23. The quantitative estimate of drug-likeness (QED) is 0.878. The number of carbonyl (C=O) groups is 2. The Morgan fingerprint density at radius 2 is 1.90 bits per heavy atom. The number of rotatable bonds is 4. The third-order valence-corrected chi connectivity index (χ3v) is 3.00. The van der Waals surface area contributed by atoms with E-state index in [4.69, 9.17) is 11.6 Å². The summed E-state index contributed by atoms with van der Waals surface area (Å²) in [5.41, 5.74) is 1.32. The van der Waals surface area contributed by atoms with Crippen molar-refractivity contribution in [1.82, 2.24) is 4.98 Å². The SMILES string of the molecule is CCC(=O)Nc1ccc(Cl)cc1C(=O)c1ccncc1. The van der Waals surface area contributed by atoms with E-state index in [-0.39, 0.29) is 11.7 Å². The molecule has 20 heavy (non-hydrogen) atoms. The predicted molar refractivity (Wildman–Crippen MR) is 78.0 cm³/mol. The van der Waals surface area contributed by atoms with Gasteiger partial charge in [0.25, 0.3) is 0 Å². The van der Waals surface area contributed by atoms with Crippen molar-refractivity contribution in [3.8, 4) is 0 Å². The first-order valence-corrected chi connectivity index (χ1v) is 6.53. The molecule has 1 amide bonds. The van der Waals surface area contributed by atoms with Gasteiger partial charge in [-0.1, -0.05) is 18.5 Å². The van der Waals surface area contributed by atoms with Gasteiger partial charge >= 0.3 is 0 Å². The molecule has 0 radical (unpaired) electrons. The Balaban J connectivity index is 2.41.